The average molecular weight is 142 g/mol. The molecule has 0 aromatic heterocycles. The maximum atomic E-state index is 6.90. The summed E-state index contributed by atoms with van der Waals surface area (Å²) in [6.45, 7) is 0. The molecule has 1 rings (SSSR count). The van der Waals surface area contributed by atoms with Gasteiger partial charge in [0, 0.05) is 0 Å². The van der Waals surface area contributed by atoms with Crippen molar-refractivity contribution in [3.63, 3.8) is 0 Å². The zero-order valence-electron chi connectivity index (χ0n) is 5.89. The molecule has 0 fully saturated rings. The van der Waals surface area contributed by atoms with Crippen LogP contribution in [0.1, 0.15) is 5.56 Å². The van der Waals surface area contributed by atoms with Gasteiger partial charge in [0.15, 0.2) is 0 Å². The Hall–Kier alpha value is -0.310. The van der Waals surface area contributed by atoms with Crippen LogP contribution in [0.4, 0.5) is 0 Å². The predicted octanol–water partition coefficient (Wildman–Crippen LogP) is -0.932. The first-order valence-electron chi connectivity index (χ1n) is 2.66. The Labute approximate surface area is 82.2 Å². The van der Waals surface area contributed by atoms with E-state index in [0.717, 1.165) is 0 Å². The standard InChI is InChI=1S/C7H7N2.Na/c8-7(9)6-4-2-1-3-5-6;/h1-5H,(H2-,8,9);/q-1;+1. The van der Waals surface area contributed by atoms with Gasteiger partial charge in [0.2, 0.25) is 0 Å². The first kappa shape index (κ1) is 9.69. The van der Waals surface area contributed by atoms with Crippen molar-refractivity contribution in [2.24, 2.45) is 0 Å². The van der Waals surface area contributed by atoms with Crippen LogP contribution < -0.4 is 29.6 Å². The van der Waals surface area contributed by atoms with Crippen molar-refractivity contribution < 1.29 is 29.6 Å². The van der Waals surface area contributed by atoms with Crippen molar-refractivity contribution in [2.75, 3.05) is 0 Å². The Morgan fingerprint density at radius 2 is 1.70 bits per heavy atom. The Bertz CT molecular complexity index is 208. The van der Waals surface area contributed by atoms with E-state index in [1.807, 2.05) is 18.2 Å². The quantitative estimate of drug-likeness (QED) is 0.299. The Morgan fingerprint density at radius 3 is 2.00 bits per heavy atom. The molecule has 0 aliphatic rings. The van der Waals surface area contributed by atoms with Crippen LogP contribution in [0.5, 0.6) is 0 Å². The van der Waals surface area contributed by atoms with Crippen LogP contribution in [-0.4, -0.2) is 5.84 Å². The van der Waals surface area contributed by atoms with E-state index < -0.39 is 0 Å². The Morgan fingerprint density at radius 1 is 1.20 bits per heavy atom. The van der Waals surface area contributed by atoms with Crippen molar-refractivity contribution in [1.82, 2.24) is 0 Å². The van der Waals surface area contributed by atoms with Gasteiger partial charge >= 0.3 is 29.6 Å². The Balaban J connectivity index is 0.000000810. The molecule has 3 heteroatoms. The first-order valence-corrected chi connectivity index (χ1v) is 2.66. The van der Waals surface area contributed by atoms with Crippen LogP contribution >= 0.6 is 0 Å². The molecule has 0 amide bonds. The van der Waals surface area contributed by atoms with Gasteiger partial charge in [0.25, 0.3) is 0 Å². The summed E-state index contributed by atoms with van der Waals surface area (Å²) >= 11 is 0. The number of benzene rings is 1. The maximum Gasteiger partial charge on any atom is 1.00 e. The second-order valence-electron chi connectivity index (χ2n) is 1.74. The number of hydrogen-bond acceptors (Lipinski definition) is 1. The predicted molar refractivity (Wildman–Crippen MR) is 37.6 cm³/mol. The van der Waals surface area contributed by atoms with Gasteiger partial charge in [-0.15, -0.1) is 0 Å². The van der Waals surface area contributed by atoms with Crippen molar-refractivity contribution in [1.29, 1.82) is 5.41 Å². The largest absolute Gasteiger partial charge is 1.00 e. The van der Waals surface area contributed by atoms with E-state index in [9.17, 15) is 0 Å². The smallest absolute Gasteiger partial charge is 0.482 e. The van der Waals surface area contributed by atoms with Gasteiger partial charge in [-0.3, -0.25) is 0 Å². The fraction of sp³-hybridized carbons (Fsp3) is 0. The van der Waals surface area contributed by atoms with Gasteiger partial charge in [-0.1, -0.05) is 36.2 Å². The summed E-state index contributed by atoms with van der Waals surface area (Å²) < 4.78 is 0. The van der Waals surface area contributed by atoms with Crippen LogP contribution in [0, 0.1) is 5.41 Å². The van der Waals surface area contributed by atoms with E-state index in [1.54, 1.807) is 12.1 Å². The first-order chi connectivity index (χ1) is 4.30. The molecule has 0 bridgehead atoms. The van der Waals surface area contributed by atoms with Gasteiger partial charge < -0.3 is 11.1 Å². The van der Waals surface area contributed by atoms with Crippen LogP contribution in [0.3, 0.4) is 0 Å². The number of amidine groups is 1. The monoisotopic (exact) mass is 142 g/mol. The fourth-order valence-corrected chi connectivity index (χ4v) is 0.605. The van der Waals surface area contributed by atoms with Gasteiger partial charge in [-0.05, 0) is 5.56 Å². The van der Waals surface area contributed by atoms with Gasteiger partial charge in [-0.25, -0.2) is 0 Å². The van der Waals surface area contributed by atoms with E-state index in [1.165, 1.54) is 0 Å². The third-order valence-corrected chi connectivity index (χ3v) is 1.06. The molecule has 0 unspecified atom stereocenters. The molecule has 0 saturated heterocycles. The average Bonchev–Trinajstić information content (AvgIpc) is 1.90. The van der Waals surface area contributed by atoms with Crippen LogP contribution in [0.2, 0.25) is 0 Å². The molecule has 1 aromatic rings. The zero-order chi connectivity index (χ0) is 6.69. The van der Waals surface area contributed by atoms with Gasteiger partial charge in [0.1, 0.15) is 0 Å². The van der Waals surface area contributed by atoms with E-state index in [0.29, 0.717) is 5.56 Å². The van der Waals surface area contributed by atoms with Crippen LogP contribution in [0.25, 0.3) is 5.73 Å². The number of rotatable bonds is 1. The molecule has 0 saturated carbocycles. The van der Waals surface area contributed by atoms with Gasteiger partial charge in [-0.2, -0.15) is 0 Å². The van der Waals surface area contributed by atoms with Crippen LogP contribution in [-0.2, 0) is 0 Å². The summed E-state index contributed by atoms with van der Waals surface area (Å²) in [7, 11) is 0. The summed E-state index contributed by atoms with van der Waals surface area (Å²) in [4.78, 5) is 0. The molecule has 2 N–H and O–H groups in total. The third-order valence-electron chi connectivity index (χ3n) is 1.06. The molecule has 1 aromatic carbocycles. The summed E-state index contributed by atoms with van der Waals surface area (Å²) in [5, 5.41) is 6.90. The van der Waals surface area contributed by atoms with Crippen LogP contribution in [0.15, 0.2) is 30.3 Å². The summed E-state index contributed by atoms with van der Waals surface area (Å²) in [6, 6.07) is 8.99. The normalized spacial score (nSPS) is 8.00. The minimum absolute atomic E-state index is 0. The molecule has 46 valence electrons. The van der Waals surface area contributed by atoms with E-state index >= 15 is 0 Å². The molecule has 0 aliphatic carbocycles. The fourth-order valence-electron chi connectivity index (χ4n) is 0.605. The molecule has 0 spiro atoms. The Kier molecular flexibility index (Phi) is 4.36. The van der Waals surface area contributed by atoms with E-state index in [4.69, 9.17) is 11.1 Å². The van der Waals surface area contributed by atoms with E-state index in [-0.39, 0.29) is 35.4 Å². The molecular formula is C7H7N2Na. The SMILES string of the molecule is N=C([NH-])c1ccccc1.[Na+]. The maximum absolute atomic E-state index is 6.90. The molecule has 0 heterocycles. The minimum Gasteiger partial charge on any atom is -0.482 e. The summed E-state index contributed by atoms with van der Waals surface area (Å²) in [5.74, 6) is -0.129. The second-order valence-corrected chi connectivity index (χ2v) is 1.74. The summed E-state index contributed by atoms with van der Waals surface area (Å²) in [6.07, 6.45) is 0. The number of hydrogen-bond donors (Lipinski definition) is 1. The third kappa shape index (κ3) is 2.52. The zero-order valence-corrected chi connectivity index (χ0v) is 7.89. The molecule has 10 heavy (non-hydrogen) atoms. The van der Waals surface area contributed by atoms with Crippen molar-refractivity contribution >= 4 is 5.84 Å². The van der Waals surface area contributed by atoms with Crippen molar-refractivity contribution in [3.05, 3.63) is 41.6 Å². The number of nitrogens with one attached hydrogen (secondary N) is 2. The molecule has 0 atom stereocenters. The second kappa shape index (κ2) is 4.50. The molecule has 0 aliphatic heterocycles. The topological polar surface area (TPSA) is 47.7 Å². The van der Waals surface area contributed by atoms with Gasteiger partial charge in [0.05, 0.1) is 0 Å². The minimum atomic E-state index is -0.129. The molecular weight excluding hydrogens is 135 g/mol. The molecule has 0 radical (unpaired) electrons. The summed E-state index contributed by atoms with van der Waals surface area (Å²) in [5.41, 5.74) is 7.57. The van der Waals surface area contributed by atoms with E-state index in [2.05, 4.69) is 0 Å². The van der Waals surface area contributed by atoms with Crippen molar-refractivity contribution in [2.45, 2.75) is 0 Å². The van der Waals surface area contributed by atoms with Crippen molar-refractivity contribution in [3.8, 4) is 0 Å². The molecule has 2 nitrogen and oxygen atoms in total.